The zero-order valence-electron chi connectivity index (χ0n) is 9.59. The van der Waals surface area contributed by atoms with Crippen molar-refractivity contribution < 1.29 is 0 Å². The van der Waals surface area contributed by atoms with E-state index >= 15 is 0 Å². The van der Waals surface area contributed by atoms with Crippen LogP contribution in [0.3, 0.4) is 0 Å². The minimum atomic E-state index is 0.440. The first-order valence-corrected chi connectivity index (χ1v) is 6.08. The SMILES string of the molecule is CCCCCC(NC)c1cccc(Cl)c1. The van der Waals surface area contributed by atoms with E-state index in [4.69, 9.17) is 11.6 Å². The molecule has 0 aliphatic rings. The van der Waals surface area contributed by atoms with E-state index in [1.54, 1.807) is 0 Å². The summed E-state index contributed by atoms with van der Waals surface area (Å²) in [5, 5.41) is 4.17. The number of unbranched alkanes of at least 4 members (excludes halogenated alkanes) is 2. The number of benzene rings is 1. The Kier molecular flexibility index (Phi) is 5.74. The molecule has 0 amide bonds. The molecule has 0 aliphatic heterocycles. The predicted molar refractivity (Wildman–Crippen MR) is 67.4 cm³/mol. The fourth-order valence-corrected chi connectivity index (χ4v) is 2.00. The molecule has 15 heavy (non-hydrogen) atoms. The quantitative estimate of drug-likeness (QED) is 0.717. The summed E-state index contributed by atoms with van der Waals surface area (Å²) in [6.07, 6.45) is 5.03. The van der Waals surface area contributed by atoms with Gasteiger partial charge in [-0.25, -0.2) is 0 Å². The molecule has 1 N–H and O–H groups in total. The van der Waals surface area contributed by atoms with Crippen molar-refractivity contribution in [3.63, 3.8) is 0 Å². The zero-order valence-corrected chi connectivity index (χ0v) is 10.3. The van der Waals surface area contributed by atoms with Gasteiger partial charge in [-0.3, -0.25) is 0 Å². The van der Waals surface area contributed by atoms with Gasteiger partial charge in [-0.1, -0.05) is 49.9 Å². The smallest absolute Gasteiger partial charge is 0.0409 e. The van der Waals surface area contributed by atoms with E-state index in [0.717, 1.165) is 5.02 Å². The highest BCUT2D eigenvalue weighted by Crippen LogP contribution is 2.22. The highest BCUT2D eigenvalue weighted by molar-refractivity contribution is 6.30. The molecule has 1 rings (SSSR count). The number of hydrogen-bond donors (Lipinski definition) is 1. The van der Waals surface area contributed by atoms with Crippen molar-refractivity contribution in [3.05, 3.63) is 34.9 Å². The van der Waals surface area contributed by atoms with Crippen LogP contribution in [0.5, 0.6) is 0 Å². The Balaban J connectivity index is 2.57. The Morgan fingerprint density at radius 3 is 2.73 bits per heavy atom. The van der Waals surface area contributed by atoms with Gasteiger partial charge in [0.05, 0.1) is 0 Å². The Labute approximate surface area is 97.8 Å². The standard InChI is InChI=1S/C13H20ClN/c1-3-4-5-9-13(15-2)11-7-6-8-12(14)10-11/h6-8,10,13,15H,3-5,9H2,1-2H3. The molecular weight excluding hydrogens is 206 g/mol. The fourth-order valence-electron chi connectivity index (χ4n) is 1.80. The Bertz CT molecular complexity index is 286. The van der Waals surface area contributed by atoms with Crippen LogP contribution in [0.25, 0.3) is 0 Å². The van der Waals surface area contributed by atoms with Crippen LogP contribution in [0.1, 0.15) is 44.2 Å². The van der Waals surface area contributed by atoms with Crippen molar-refractivity contribution >= 4 is 11.6 Å². The zero-order chi connectivity index (χ0) is 11.1. The lowest BCUT2D eigenvalue weighted by Crippen LogP contribution is -2.16. The normalized spacial score (nSPS) is 12.7. The molecule has 0 fully saturated rings. The van der Waals surface area contributed by atoms with E-state index in [1.807, 2.05) is 19.2 Å². The summed E-state index contributed by atoms with van der Waals surface area (Å²) < 4.78 is 0. The van der Waals surface area contributed by atoms with Crippen molar-refractivity contribution in [2.45, 2.75) is 38.6 Å². The monoisotopic (exact) mass is 225 g/mol. The highest BCUT2D eigenvalue weighted by atomic mass is 35.5. The minimum Gasteiger partial charge on any atom is -0.313 e. The van der Waals surface area contributed by atoms with Crippen LogP contribution in [0.15, 0.2) is 24.3 Å². The topological polar surface area (TPSA) is 12.0 Å². The highest BCUT2D eigenvalue weighted by Gasteiger charge is 2.08. The predicted octanol–water partition coefficient (Wildman–Crippen LogP) is 4.18. The summed E-state index contributed by atoms with van der Waals surface area (Å²) in [6, 6.07) is 8.56. The molecule has 1 nitrogen and oxygen atoms in total. The van der Waals surface area contributed by atoms with Crippen LogP contribution in [-0.4, -0.2) is 7.05 Å². The van der Waals surface area contributed by atoms with Crippen molar-refractivity contribution in [1.82, 2.24) is 5.32 Å². The lowest BCUT2D eigenvalue weighted by atomic mass is 10.0. The van der Waals surface area contributed by atoms with Gasteiger partial charge in [-0.05, 0) is 31.2 Å². The molecule has 1 aromatic rings. The molecule has 1 aromatic carbocycles. The maximum Gasteiger partial charge on any atom is 0.0409 e. The van der Waals surface area contributed by atoms with Gasteiger partial charge in [0.25, 0.3) is 0 Å². The minimum absolute atomic E-state index is 0.440. The summed E-state index contributed by atoms with van der Waals surface area (Å²) in [5.41, 5.74) is 1.29. The molecule has 0 saturated heterocycles. The van der Waals surface area contributed by atoms with Crippen molar-refractivity contribution in [2.75, 3.05) is 7.05 Å². The van der Waals surface area contributed by atoms with Crippen LogP contribution in [-0.2, 0) is 0 Å². The van der Waals surface area contributed by atoms with Crippen LogP contribution in [0.2, 0.25) is 5.02 Å². The van der Waals surface area contributed by atoms with Crippen LogP contribution >= 0.6 is 11.6 Å². The molecule has 1 atom stereocenters. The van der Waals surface area contributed by atoms with Crippen LogP contribution in [0, 0.1) is 0 Å². The first-order chi connectivity index (χ1) is 7.27. The summed E-state index contributed by atoms with van der Waals surface area (Å²) in [5.74, 6) is 0. The second-order valence-corrected chi connectivity index (χ2v) is 4.33. The van der Waals surface area contributed by atoms with E-state index in [-0.39, 0.29) is 0 Å². The first-order valence-electron chi connectivity index (χ1n) is 5.70. The van der Waals surface area contributed by atoms with Gasteiger partial charge in [-0.15, -0.1) is 0 Å². The molecule has 0 bridgehead atoms. The van der Waals surface area contributed by atoms with Crippen molar-refractivity contribution in [3.8, 4) is 0 Å². The van der Waals surface area contributed by atoms with Crippen molar-refractivity contribution in [1.29, 1.82) is 0 Å². The molecule has 0 spiro atoms. The van der Waals surface area contributed by atoms with Gasteiger partial charge in [0.1, 0.15) is 0 Å². The van der Waals surface area contributed by atoms with E-state index < -0.39 is 0 Å². The molecule has 0 aromatic heterocycles. The lowest BCUT2D eigenvalue weighted by Gasteiger charge is -2.16. The van der Waals surface area contributed by atoms with E-state index in [1.165, 1.54) is 31.2 Å². The van der Waals surface area contributed by atoms with E-state index in [2.05, 4.69) is 24.4 Å². The third kappa shape index (κ3) is 4.23. The molecule has 2 heteroatoms. The Hall–Kier alpha value is -0.530. The third-order valence-electron chi connectivity index (χ3n) is 2.70. The number of hydrogen-bond acceptors (Lipinski definition) is 1. The molecule has 0 saturated carbocycles. The largest absolute Gasteiger partial charge is 0.313 e. The number of nitrogens with one attached hydrogen (secondary N) is 1. The van der Waals surface area contributed by atoms with Gasteiger partial charge in [0.2, 0.25) is 0 Å². The maximum absolute atomic E-state index is 5.98. The average molecular weight is 226 g/mol. The van der Waals surface area contributed by atoms with Crippen LogP contribution < -0.4 is 5.32 Å². The molecule has 0 radical (unpaired) electrons. The second-order valence-electron chi connectivity index (χ2n) is 3.89. The second kappa shape index (κ2) is 6.86. The van der Waals surface area contributed by atoms with Gasteiger partial charge >= 0.3 is 0 Å². The van der Waals surface area contributed by atoms with Crippen LogP contribution in [0.4, 0.5) is 0 Å². The first kappa shape index (κ1) is 12.5. The number of halogens is 1. The fraction of sp³-hybridized carbons (Fsp3) is 0.538. The molecule has 84 valence electrons. The summed E-state index contributed by atoms with van der Waals surface area (Å²) in [7, 11) is 2.01. The van der Waals surface area contributed by atoms with Gasteiger partial charge in [0, 0.05) is 11.1 Å². The Morgan fingerprint density at radius 2 is 2.13 bits per heavy atom. The summed E-state index contributed by atoms with van der Waals surface area (Å²) in [6.45, 7) is 2.23. The van der Waals surface area contributed by atoms with E-state index in [9.17, 15) is 0 Å². The molecule has 0 heterocycles. The summed E-state index contributed by atoms with van der Waals surface area (Å²) >= 11 is 5.98. The maximum atomic E-state index is 5.98. The molecular formula is C13H20ClN. The average Bonchev–Trinajstić information content (AvgIpc) is 2.24. The van der Waals surface area contributed by atoms with Gasteiger partial charge < -0.3 is 5.32 Å². The molecule has 1 unspecified atom stereocenters. The molecule has 0 aliphatic carbocycles. The summed E-state index contributed by atoms with van der Waals surface area (Å²) in [4.78, 5) is 0. The Morgan fingerprint density at radius 1 is 1.33 bits per heavy atom. The van der Waals surface area contributed by atoms with E-state index in [0.29, 0.717) is 6.04 Å². The number of rotatable bonds is 6. The van der Waals surface area contributed by atoms with Crippen molar-refractivity contribution in [2.24, 2.45) is 0 Å². The van der Waals surface area contributed by atoms with Gasteiger partial charge in [-0.2, -0.15) is 0 Å². The lowest BCUT2D eigenvalue weighted by molar-refractivity contribution is 0.512. The van der Waals surface area contributed by atoms with Gasteiger partial charge in [0.15, 0.2) is 0 Å². The third-order valence-corrected chi connectivity index (χ3v) is 2.93.